The molecule has 4 aromatic rings. The Bertz CT molecular complexity index is 976. The molecule has 0 aliphatic rings. The summed E-state index contributed by atoms with van der Waals surface area (Å²) in [5, 5.41) is 5.38. The van der Waals surface area contributed by atoms with Crippen LogP contribution in [0.2, 0.25) is 5.02 Å². The fourth-order valence-corrected chi connectivity index (χ4v) is 2.88. The highest BCUT2D eigenvalue weighted by atomic mass is 35.5. The first kappa shape index (κ1) is 14.9. The van der Waals surface area contributed by atoms with Crippen LogP contribution in [-0.4, -0.2) is 21.7 Å². The smallest absolute Gasteiger partial charge is 0.164 e. The average Bonchev–Trinajstić information content (AvgIpc) is 3.23. The van der Waals surface area contributed by atoms with Crippen molar-refractivity contribution in [2.75, 3.05) is 7.11 Å². The molecule has 4 rings (SSSR count). The van der Waals surface area contributed by atoms with Gasteiger partial charge in [-0.2, -0.15) is 5.10 Å². The Hall–Kier alpha value is -2.63. The summed E-state index contributed by atoms with van der Waals surface area (Å²) < 4.78 is 12.6. The number of halogens is 1. The van der Waals surface area contributed by atoms with Gasteiger partial charge in [-0.05, 0) is 35.9 Å². The maximum absolute atomic E-state index is 6.01. The summed E-state index contributed by atoms with van der Waals surface area (Å²) in [7, 11) is 1.65. The van der Waals surface area contributed by atoms with Crippen LogP contribution in [0.5, 0.6) is 0 Å². The van der Waals surface area contributed by atoms with Crippen LogP contribution in [0, 0.1) is 0 Å². The van der Waals surface area contributed by atoms with Crippen molar-refractivity contribution in [3.05, 3.63) is 65.6 Å². The van der Waals surface area contributed by atoms with Crippen LogP contribution in [-0.2, 0) is 11.3 Å². The van der Waals surface area contributed by atoms with Gasteiger partial charge in [-0.1, -0.05) is 23.7 Å². The molecule has 120 valence electrons. The van der Waals surface area contributed by atoms with Crippen molar-refractivity contribution < 1.29 is 9.15 Å². The van der Waals surface area contributed by atoms with E-state index in [1.165, 1.54) is 0 Å². The monoisotopic (exact) mass is 339 g/mol. The predicted octanol–water partition coefficient (Wildman–Crippen LogP) is 4.46. The van der Waals surface area contributed by atoms with Crippen molar-refractivity contribution in [2.45, 2.75) is 6.61 Å². The number of ether oxygens (including phenoxy) is 1. The molecule has 0 saturated carbocycles. The third-order valence-electron chi connectivity index (χ3n) is 3.78. The second-order valence-electron chi connectivity index (χ2n) is 5.30. The molecule has 0 bridgehead atoms. The molecule has 0 fully saturated rings. The number of hydrogen-bond acceptors (Lipinski definition) is 4. The lowest BCUT2D eigenvalue weighted by Gasteiger charge is -2.03. The van der Waals surface area contributed by atoms with Crippen LogP contribution in [0.15, 0.2) is 59.3 Å². The Morgan fingerprint density at radius 3 is 2.71 bits per heavy atom. The summed E-state index contributed by atoms with van der Waals surface area (Å²) in [6, 6.07) is 13.2. The second-order valence-corrected chi connectivity index (χ2v) is 5.74. The van der Waals surface area contributed by atoms with Gasteiger partial charge in [-0.3, -0.25) is 0 Å². The van der Waals surface area contributed by atoms with Gasteiger partial charge in [-0.25, -0.2) is 9.50 Å². The fourth-order valence-electron chi connectivity index (χ4n) is 2.75. The molecule has 0 atom stereocenters. The SMILES string of the molecule is COCc1nn2c(-c3ccco3)ccnc2c1-c1ccc(Cl)cc1. The van der Waals surface area contributed by atoms with Crippen LogP contribution in [0.1, 0.15) is 5.69 Å². The first-order chi connectivity index (χ1) is 11.8. The van der Waals surface area contributed by atoms with Gasteiger partial charge in [-0.15, -0.1) is 0 Å². The number of aromatic nitrogens is 3. The Morgan fingerprint density at radius 2 is 2.00 bits per heavy atom. The summed E-state index contributed by atoms with van der Waals surface area (Å²) in [5.41, 5.74) is 4.32. The Morgan fingerprint density at radius 1 is 1.17 bits per heavy atom. The quantitative estimate of drug-likeness (QED) is 0.551. The minimum absolute atomic E-state index is 0.388. The lowest BCUT2D eigenvalue weighted by atomic mass is 10.1. The molecule has 0 aliphatic carbocycles. The van der Waals surface area contributed by atoms with E-state index >= 15 is 0 Å². The maximum Gasteiger partial charge on any atom is 0.164 e. The number of furan rings is 1. The number of nitrogens with zero attached hydrogens (tertiary/aromatic N) is 3. The van der Waals surface area contributed by atoms with Gasteiger partial charge in [0.15, 0.2) is 11.4 Å². The third-order valence-corrected chi connectivity index (χ3v) is 4.03. The molecule has 0 saturated heterocycles. The Balaban J connectivity index is 1.99. The van der Waals surface area contributed by atoms with E-state index in [-0.39, 0.29) is 0 Å². The van der Waals surface area contributed by atoms with Gasteiger partial charge < -0.3 is 9.15 Å². The number of fused-ring (bicyclic) bond motifs is 1. The number of benzene rings is 1. The van der Waals surface area contributed by atoms with E-state index < -0.39 is 0 Å². The van der Waals surface area contributed by atoms with Crippen molar-refractivity contribution in [2.24, 2.45) is 0 Å². The Kier molecular flexibility index (Phi) is 3.80. The largest absolute Gasteiger partial charge is 0.463 e. The zero-order valence-corrected chi connectivity index (χ0v) is 13.7. The lowest BCUT2D eigenvalue weighted by molar-refractivity contribution is 0.181. The predicted molar refractivity (Wildman–Crippen MR) is 91.8 cm³/mol. The van der Waals surface area contributed by atoms with E-state index in [9.17, 15) is 0 Å². The molecule has 3 heterocycles. The molecular formula is C18H14ClN3O2. The van der Waals surface area contributed by atoms with Crippen molar-refractivity contribution >= 4 is 17.2 Å². The number of methoxy groups -OCH3 is 1. The zero-order valence-electron chi connectivity index (χ0n) is 12.9. The van der Waals surface area contributed by atoms with Gasteiger partial charge >= 0.3 is 0 Å². The molecule has 0 radical (unpaired) electrons. The first-order valence-electron chi connectivity index (χ1n) is 7.43. The minimum atomic E-state index is 0.388. The van der Waals surface area contributed by atoms with Gasteiger partial charge in [0.1, 0.15) is 5.69 Å². The van der Waals surface area contributed by atoms with E-state index in [4.69, 9.17) is 25.9 Å². The highest BCUT2D eigenvalue weighted by Crippen LogP contribution is 2.31. The topological polar surface area (TPSA) is 52.6 Å². The lowest BCUT2D eigenvalue weighted by Crippen LogP contribution is -1.95. The number of hydrogen-bond donors (Lipinski definition) is 0. The van der Waals surface area contributed by atoms with E-state index in [0.717, 1.165) is 33.9 Å². The van der Waals surface area contributed by atoms with Gasteiger partial charge in [0.2, 0.25) is 0 Å². The summed E-state index contributed by atoms with van der Waals surface area (Å²) >= 11 is 6.01. The highest BCUT2D eigenvalue weighted by molar-refractivity contribution is 6.30. The van der Waals surface area contributed by atoms with Crippen LogP contribution in [0.3, 0.4) is 0 Å². The van der Waals surface area contributed by atoms with Crippen LogP contribution in [0.4, 0.5) is 0 Å². The zero-order chi connectivity index (χ0) is 16.5. The first-order valence-corrected chi connectivity index (χ1v) is 7.81. The standard InChI is InChI=1S/C18H14ClN3O2/c1-23-11-14-17(12-4-6-13(19)7-5-12)18-20-9-8-15(22(18)21-14)16-3-2-10-24-16/h2-10H,11H2,1H3. The second kappa shape index (κ2) is 6.11. The van der Waals surface area contributed by atoms with Gasteiger partial charge in [0, 0.05) is 18.3 Å². The summed E-state index contributed by atoms with van der Waals surface area (Å²) in [4.78, 5) is 4.52. The molecule has 0 N–H and O–H groups in total. The summed E-state index contributed by atoms with van der Waals surface area (Å²) in [6.45, 7) is 0.388. The van der Waals surface area contributed by atoms with Crippen LogP contribution < -0.4 is 0 Å². The van der Waals surface area contributed by atoms with Crippen LogP contribution >= 0.6 is 11.6 Å². The van der Waals surface area contributed by atoms with Crippen LogP contribution in [0.25, 0.3) is 28.2 Å². The minimum Gasteiger partial charge on any atom is -0.463 e. The van der Waals surface area contributed by atoms with E-state index in [1.807, 2.05) is 42.5 Å². The fraction of sp³-hybridized carbons (Fsp3) is 0.111. The molecule has 0 unspecified atom stereocenters. The molecule has 0 spiro atoms. The molecule has 0 amide bonds. The molecule has 24 heavy (non-hydrogen) atoms. The molecule has 1 aromatic carbocycles. The van der Waals surface area contributed by atoms with Crippen molar-refractivity contribution in [1.82, 2.24) is 14.6 Å². The molecule has 6 heteroatoms. The highest BCUT2D eigenvalue weighted by Gasteiger charge is 2.18. The van der Waals surface area contributed by atoms with Crippen molar-refractivity contribution in [3.8, 4) is 22.6 Å². The molecular weight excluding hydrogens is 326 g/mol. The molecule has 3 aromatic heterocycles. The normalized spacial score (nSPS) is 11.2. The van der Waals surface area contributed by atoms with Crippen molar-refractivity contribution in [3.63, 3.8) is 0 Å². The average molecular weight is 340 g/mol. The number of rotatable bonds is 4. The van der Waals surface area contributed by atoms with E-state index in [0.29, 0.717) is 11.6 Å². The molecule has 5 nitrogen and oxygen atoms in total. The van der Waals surface area contributed by atoms with Gasteiger partial charge in [0.05, 0.1) is 24.1 Å². The Labute approximate surface area is 143 Å². The van der Waals surface area contributed by atoms with E-state index in [2.05, 4.69) is 4.98 Å². The summed E-state index contributed by atoms with van der Waals surface area (Å²) in [6.07, 6.45) is 3.39. The van der Waals surface area contributed by atoms with E-state index in [1.54, 1.807) is 24.1 Å². The van der Waals surface area contributed by atoms with Crippen molar-refractivity contribution in [1.29, 1.82) is 0 Å². The molecule has 0 aliphatic heterocycles. The van der Waals surface area contributed by atoms with Gasteiger partial charge in [0.25, 0.3) is 0 Å². The summed E-state index contributed by atoms with van der Waals surface area (Å²) in [5.74, 6) is 0.733. The maximum atomic E-state index is 6.01. The third kappa shape index (κ3) is 2.48.